The van der Waals surface area contributed by atoms with Crippen LogP contribution in [-0.4, -0.2) is 50.0 Å². The molecule has 50 heavy (non-hydrogen) atoms. The summed E-state index contributed by atoms with van der Waals surface area (Å²) in [4.78, 5) is 30.2. The van der Waals surface area contributed by atoms with E-state index in [0.29, 0.717) is 11.3 Å². The summed E-state index contributed by atoms with van der Waals surface area (Å²) in [5.74, 6) is 1.21. The van der Waals surface area contributed by atoms with Crippen molar-refractivity contribution in [3.8, 4) is 0 Å². The molecule has 7 nitrogen and oxygen atoms in total. The van der Waals surface area contributed by atoms with Crippen molar-refractivity contribution in [1.82, 2.24) is 10.2 Å². The molecule has 1 N–H and O–H groups in total. The minimum Gasteiger partial charge on any atom is -0.352 e. The van der Waals surface area contributed by atoms with Crippen LogP contribution in [0.3, 0.4) is 0 Å². The molecule has 0 unspecified atom stereocenters. The molecule has 5 aliphatic rings. The first-order valence-electron chi connectivity index (χ1n) is 18.5. The lowest BCUT2D eigenvalue weighted by atomic mass is 9.48. The molecule has 0 saturated heterocycles. The summed E-state index contributed by atoms with van der Waals surface area (Å²) in [5.41, 5.74) is 3.41. The van der Waals surface area contributed by atoms with Crippen molar-refractivity contribution in [2.24, 2.45) is 17.8 Å². The van der Waals surface area contributed by atoms with Gasteiger partial charge in [0.2, 0.25) is 21.8 Å². The van der Waals surface area contributed by atoms with Crippen molar-refractivity contribution in [2.45, 2.75) is 101 Å². The van der Waals surface area contributed by atoms with E-state index in [4.69, 9.17) is 0 Å². The number of nitrogens with one attached hydrogen (secondary N) is 1. The Hall–Kier alpha value is -3.72. The molecule has 266 valence electrons. The summed E-state index contributed by atoms with van der Waals surface area (Å²) in [6, 6.07) is 22.4. The standard InChI is InChI=1S/C41H50FN3O4S/c1-50(48,49)45(37-18-14-34(15-19-37)41-24-31-20-32(25-41)22-33(21-31)26-41)28-39(46)44(27-30-12-16-35(42)17-13-30)38(23-29-8-4-2-5-9-29)40(47)43-36-10-6-3-7-11-36/h2,4-5,8-9,12-19,31-33,36,38H,3,6-7,10-11,20-28H2,1H3,(H,43,47)/t31?,32?,33?,38-,41?/m0/s1. The maximum Gasteiger partial charge on any atom is 0.244 e. The van der Waals surface area contributed by atoms with E-state index in [9.17, 15) is 22.4 Å². The van der Waals surface area contributed by atoms with Gasteiger partial charge in [0, 0.05) is 19.0 Å². The van der Waals surface area contributed by atoms with Crippen LogP contribution in [0.4, 0.5) is 10.1 Å². The highest BCUT2D eigenvalue weighted by Crippen LogP contribution is 2.60. The quantitative estimate of drug-likeness (QED) is 0.218. The average Bonchev–Trinajstić information content (AvgIpc) is 3.09. The Balaban J connectivity index is 1.18. The number of amides is 2. The molecule has 4 bridgehead atoms. The third-order valence-electron chi connectivity index (χ3n) is 12.0. The van der Waals surface area contributed by atoms with E-state index in [2.05, 4.69) is 17.4 Å². The molecule has 3 aromatic rings. The van der Waals surface area contributed by atoms with Crippen molar-refractivity contribution in [3.05, 3.63) is 101 Å². The van der Waals surface area contributed by atoms with Gasteiger partial charge in [-0.25, -0.2) is 12.8 Å². The fourth-order valence-electron chi connectivity index (χ4n) is 9.94. The number of benzene rings is 3. The van der Waals surface area contributed by atoms with E-state index in [1.54, 1.807) is 12.1 Å². The third kappa shape index (κ3) is 7.78. The first-order valence-corrected chi connectivity index (χ1v) is 20.4. The van der Waals surface area contributed by atoms with Crippen LogP contribution in [-0.2, 0) is 38.0 Å². The van der Waals surface area contributed by atoms with Gasteiger partial charge in [-0.15, -0.1) is 0 Å². The number of hydrogen-bond donors (Lipinski definition) is 1. The molecule has 0 spiro atoms. The van der Waals surface area contributed by atoms with Crippen LogP contribution in [0.2, 0.25) is 0 Å². The van der Waals surface area contributed by atoms with Crippen molar-refractivity contribution < 1.29 is 22.4 Å². The first-order chi connectivity index (χ1) is 24.0. The van der Waals surface area contributed by atoms with E-state index < -0.39 is 34.3 Å². The van der Waals surface area contributed by atoms with E-state index >= 15 is 0 Å². The molecule has 5 fully saturated rings. The second-order valence-corrected chi connectivity index (χ2v) is 17.6. The number of carbonyl (C=O) groups is 2. The lowest BCUT2D eigenvalue weighted by Crippen LogP contribution is -2.55. The highest BCUT2D eigenvalue weighted by Gasteiger charge is 2.51. The van der Waals surface area contributed by atoms with Gasteiger partial charge in [-0.2, -0.15) is 0 Å². The molecule has 0 radical (unpaired) electrons. The Morgan fingerprint density at radius 2 is 1.42 bits per heavy atom. The molecule has 0 heterocycles. The lowest BCUT2D eigenvalue weighted by molar-refractivity contribution is -0.140. The Bertz CT molecular complexity index is 1720. The van der Waals surface area contributed by atoms with E-state index in [0.717, 1.165) is 66.0 Å². The monoisotopic (exact) mass is 699 g/mol. The maximum absolute atomic E-state index is 14.5. The first kappa shape index (κ1) is 34.7. The summed E-state index contributed by atoms with van der Waals surface area (Å²) in [6.07, 6.45) is 14.0. The Labute approximate surface area is 296 Å². The Morgan fingerprint density at radius 1 is 0.820 bits per heavy atom. The number of nitrogens with zero attached hydrogens (tertiary/aromatic N) is 2. The highest BCUT2D eigenvalue weighted by molar-refractivity contribution is 7.92. The minimum atomic E-state index is -3.87. The van der Waals surface area contributed by atoms with Crippen LogP contribution in [0.1, 0.15) is 87.3 Å². The number of rotatable bonds is 12. The average molecular weight is 700 g/mol. The lowest BCUT2D eigenvalue weighted by Gasteiger charge is -2.57. The van der Waals surface area contributed by atoms with E-state index in [1.165, 1.54) is 61.1 Å². The van der Waals surface area contributed by atoms with Gasteiger partial charge in [-0.05, 0) is 115 Å². The van der Waals surface area contributed by atoms with Gasteiger partial charge >= 0.3 is 0 Å². The van der Waals surface area contributed by atoms with Crippen molar-refractivity contribution >= 4 is 27.5 Å². The van der Waals surface area contributed by atoms with Crippen LogP contribution in [0, 0.1) is 23.6 Å². The summed E-state index contributed by atoms with van der Waals surface area (Å²) in [7, 11) is -3.87. The van der Waals surface area contributed by atoms with Gasteiger partial charge in [0.15, 0.2) is 0 Å². The molecule has 5 saturated carbocycles. The number of hydrogen-bond acceptors (Lipinski definition) is 4. The summed E-state index contributed by atoms with van der Waals surface area (Å²) < 4.78 is 41.9. The molecule has 0 aromatic heterocycles. The largest absolute Gasteiger partial charge is 0.352 e. The number of sulfonamides is 1. The fourth-order valence-corrected chi connectivity index (χ4v) is 10.8. The van der Waals surface area contributed by atoms with Gasteiger partial charge in [0.05, 0.1) is 11.9 Å². The zero-order chi connectivity index (χ0) is 34.9. The van der Waals surface area contributed by atoms with Crippen LogP contribution in [0.5, 0.6) is 0 Å². The number of anilines is 1. The summed E-state index contributed by atoms with van der Waals surface area (Å²) in [6.45, 7) is -0.435. The zero-order valence-electron chi connectivity index (χ0n) is 29.1. The summed E-state index contributed by atoms with van der Waals surface area (Å²) >= 11 is 0. The Kier molecular flexibility index (Phi) is 10.1. The molecule has 5 aliphatic carbocycles. The second-order valence-electron chi connectivity index (χ2n) is 15.7. The fraction of sp³-hybridized carbons (Fsp3) is 0.512. The molecule has 0 aliphatic heterocycles. The van der Waals surface area contributed by atoms with Gasteiger partial charge < -0.3 is 10.2 Å². The molecule has 3 aromatic carbocycles. The van der Waals surface area contributed by atoms with Crippen LogP contribution in [0.25, 0.3) is 0 Å². The predicted molar refractivity (Wildman–Crippen MR) is 194 cm³/mol. The molecular weight excluding hydrogens is 650 g/mol. The Morgan fingerprint density at radius 3 is 2.00 bits per heavy atom. The van der Waals surface area contributed by atoms with Crippen LogP contribution in [0.15, 0.2) is 78.9 Å². The van der Waals surface area contributed by atoms with Gasteiger partial charge in [0.1, 0.15) is 18.4 Å². The molecule has 1 atom stereocenters. The van der Waals surface area contributed by atoms with Crippen molar-refractivity contribution in [1.29, 1.82) is 0 Å². The molecule has 2 amide bonds. The second kappa shape index (κ2) is 14.5. The molecule has 9 heteroatoms. The normalized spacial score (nSPS) is 25.2. The molecular formula is C41H50FN3O4S. The topological polar surface area (TPSA) is 86.8 Å². The van der Waals surface area contributed by atoms with E-state index in [1.807, 2.05) is 42.5 Å². The van der Waals surface area contributed by atoms with E-state index in [-0.39, 0.29) is 30.3 Å². The highest BCUT2D eigenvalue weighted by atomic mass is 32.2. The maximum atomic E-state index is 14.5. The molecule has 8 rings (SSSR count). The third-order valence-corrected chi connectivity index (χ3v) is 13.1. The van der Waals surface area contributed by atoms with Gasteiger partial charge in [-0.1, -0.05) is 73.9 Å². The number of carbonyl (C=O) groups excluding carboxylic acids is 2. The SMILES string of the molecule is CS(=O)(=O)N(CC(=O)N(Cc1ccc(F)cc1)[C@@H](Cc1ccccc1)C(=O)NC1CCCCC1)c1ccc(C23CC4CC(CC(C4)C2)C3)cc1. The van der Waals surface area contributed by atoms with Crippen LogP contribution < -0.4 is 9.62 Å². The van der Waals surface area contributed by atoms with Crippen LogP contribution >= 0.6 is 0 Å². The van der Waals surface area contributed by atoms with Gasteiger partial charge in [0.25, 0.3) is 0 Å². The predicted octanol–water partition coefficient (Wildman–Crippen LogP) is 7.15. The zero-order valence-corrected chi connectivity index (χ0v) is 29.9. The van der Waals surface area contributed by atoms with Gasteiger partial charge in [-0.3, -0.25) is 13.9 Å². The smallest absolute Gasteiger partial charge is 0.244 e. The van der Waals surface area contributed by atoms with Crippen molar-refractivity contribution in [2.75, 3.05) is 17.1 Å². The summed E-state index contributed by atoms with van der Waals surface area (Å²) in [5, 5.41) is 3.22. The number of halogens is 1. The van der Waals surface area contributed by atoms with Crippen molar-refractivity contribution in [3.63, 3.8) is 0 Å². The minimum absolute atomic E-state index is 0.0251.